The van der Waals surface area contributed by atoms with Crippen LogP contribution in [0.2, 0.25) is 0 Å². The van der Waals surface area contributed by atoms with Gasteiger partial charge in [-0.05, 0) is 25.1 Å². The second kappa shape index (κ2) is 13.6. The largest absolute Gasteiger partial charge is 0.496 e. The minimum atomic E-state index is 0.334. The summed E-state index contributed by atoms with van der Waals surface area (Å²) >= 11 is 0. The molecule has 2 aromatic carbocycles. The molecule has 0 saturated carbocycles. The smallest absolute Gasteiger partial charge is 0.290 e. The highest BCUT2D eigenvalue weighted by atomic mass is 16.6. The number of ether oxygens (including phenoxy) is 5. The zero-order valence-electron chi connectivity index (χ0n) is 21.4. The second-order valence-electron chi connectivity index (χ2n) is 6.90. The average molecular weight is 479 g/mol. The molecule has 0 spiro atoms. The second-order valence-corrected chi connectivity index (χ2v) is 6.90. The lowest BCUT2D eigenvalue weighted by molar-refractivity contribution is 0.327. The summed E-state index contributed by atoms with van der Waals surface area (Å²) in [6, 6.07) is 12.7. The van der Waals surface area contributed by atoms with Crippen LogP contribution in [-0.4, -0.2) is 27.9 Å². The first kappa shape index (κ1) is 27.2. The molecule has 0 fully saturated rings. The van der Waals surface area contributed by atoms with Crippen molar-refractivity contribution >= 4 is 11.6 Å². The summed E-state index contributed by atoms with van der Waals surface area (Å²) in [7, 11) is 4.79. The van der Waals surface area contributed by atoms with E-state index in [1.54, 1.807) is 51.7 Å². The van der Waals surface area contributed by atoms with Crippen molar-refractivity contribution in [2.24, 2.45) is 0 Å². The number of methoxy groups -OCH3 is 3. The van der Waals surface area contributed by atoms with Crippen LogP contribution >= 0.6 is 0 Å². The van der Waals surface area contributed by atoms with Crippen molar-refractivity contribution in [3.8, 4) is 34.7 Å². The first-order valence-corrected chi connectivity index (χ1v) is 11.4. The van der Waals surface area contributed by atoms with Crippen LogP contribution in [-0.2, 0) is 6.42 Å². The minimum Gasteiger partial charge on any atom is -0.496 e. The van der Waals surface area contributed by atoms with Crippen LogP contribution in [0.5, 0.6) is 34.7 Å². The van der Waals surface area contributed by atoms with Gasteiger partial charge in [-0.2, -0.15) is 0 Å². The number of rotatable bonds is 11. The first-order valence-electron chi connectivity index (χ1n) is 11.4. The fourth-order valence-corrected chi connectivity index (χ4v) is 3.35. The van der Waals surface area contributed by atoms with E-state index in [1.165, 1.54) is 0 Å². The van der Waals surface area contributed by atoms with E-state index in [0.29, 0.717) is 53.5 Å². The van der Waals surface area contributed by atoms with Gasteiger partial charge in [0.1, 0.15) is 34.5 Å². The summed E-state index contributed by atoms with van der Waals surface area (Å²) < 4.78 is 33.9. The first-order chi connectivity index (χ1) is 17.1. The average Bonchev–Trinajstić information content (AvgIpc) is 3.36. The molecule has 0 unspecified atom stereocenters. The van der Waals surface area contributed by atoms with E-state index < -0.39 is 0 Å². The molecular formula is C29H34O6. The van der Waals surface area contributed by atoms with Gasteiger partial charge < -0.3 is 28.1 Å². The molecular weight excluding hydrogens is 444 g/mol. The topological polar surface area (TPSA) is 59.3 Å². The highest BCUT2D eigenvalue weighted by molar-refractivity contribution is 5.67. The lowest BCUT2D eigenvalue weighted by Gasteiger charge is -2.15. The molecule has 35 heavy (non-hydrogen) atoms. The summed E-state index contributed by atoms with van der Waals surface area (Å²) in [4.78, 5) is 0. The molecule has 0 N–H and O–H groups in total. The molecule has 6 heteroatoms. The number of hydrogen-bond donors (Lipinski definition) is 0. The molecule has 3 rings (SSSR count). The number of hydrogen-bond acceptors (Lipinski definition) is 6. The van der Waals surface area contributed by atoms with Crippen molar-refractivity contribution in [2.45, 2.75) is 27.2 Å². The molecule has 0 saturated heterocycles. The molecule has 186 valence electrons. The Labute approximate surface area is 208 Å². The van der Waals surface area contributed by atoms with Crippen LogP contribution in [0, 0.1) is 0 Å². The van der Waals surface area contributed by atoms with Crippen molar-refractivity contribution < 1.29 is 28.1 Å². The predicted octanol–water partition coefficient (Wildman–Crippen LogP) is 7.58. The van der Waals surface area contributed by atoms with Crippen LogP contribution in [0.3, 0.4) is 0 Å². The third-order valence-electron chi connectivity index (χ3n) is 4.99. The molecule has 0 amide bonds. The maximum absolute atomic E-state index is 5.93. The van der Waals surface area contributed by atoms with Gasteiger partial charge in [0.15, 0.2) is 0 Å². The monoisotopic (exact) mass is 478 g/mol. The Hall–Kier alpha value is -4.02. The van der Waals surface area contributed by atoms with Crippen molar-refractivity contribution in [2.75, 3.05) is 27.9 Å². The number of furan rings is 1. The van der Waals surface area contributed by atoms with Gasteiger partial charge in [-0.3, -0.25) is 0 Å². The zero-order valence-corrected chi connectivity index (χ0v) is 21.4. The van der Waals surface area contributed by atoms with Crippen LogP contribution in [0.1, 0.15) is 37.7 Å². The number of benzene rings is 2. The van der Waals surface area contributed by atoms with Gasteiger partial charge in [0, 0.05) is 47.4 Å². The van der Waals surface area contributed by atoms with Crippen LogP contribution in [0.15, 0.2) is 65.8 Å². The standard InChI is InChI=1S/C27H28O6.C2H6/c1-7-18-10-11-20(15-24(18)31-9-3)32-27-13-12-23(33-27)19(8-2)14-22-25(29-5)16-21(28-4)17-26(22)30-6;1-2/h7,10-13,15-17H,1-2,9,14H2,3-6H3;1-2H3. The van der Waals surface area contributed by atoms with E-state index in [9.17, 15) is 0 Å². The maximum atomic E-state index is 5.93. The summed E-state index contributed by atoms with van der Waals surface area (Å²) in [5.74, 6) is 4.10. The molecule has 6 nitrogen and oxygen atoms in total. The van der Waals surface area contributed by atoms with Crippen LogP contribution in [0.25, 0.3) is 11.6 Å². The molecule has 3 aromatic rings. The molecule has 0 aliphatic carbocycles. The van der Waals surface area contributed by atoms with Crippen LogP contribution in [0.4, 0.5) is 0 Å². The Morgan fingerprint density at radius 1 is 0.914 bits per heavy atom. The quantitative estimate of drug-likeness (QED) is 0.265. The van der Waals surface area contributed by atoms with Gasteiger partial charge >= 0.3 is 0 Å². The lowest BCUT2D eigenvalue weighted by atomic mass is 10.0. The highest BCUT2D eigenvalue weighted by Gasteiger charge is 2.18. The van der Waals surface area contributed by atoms with Crippen molar-refractivity contribution in [3.05, 3.63) is 78.2 Å². The SMILES string of the molecule is C=C=C(Cc1c(OC)cc(OC)cc1OC)c1ccc(Oc2ccc(C=C)c(OCC)c2)o1.CC. The lowest BCUT2D eigenvalue weighted by Crippen LogP contribution is -1.99. The van der Waals surface area contributed by atoms with Gasteiger partial charge in [-0.25, -0.2) is 0 Å². The van der Waals surface area contributed by atoms with E-state index in [-0.39, 0.29) is 0 Å². The van der Waals surface area contributed by atoms with E-state index in [4.69, 9.17) is 28.1 Å². The Balaban J connectivity index is 0.00000210. The van der Waals surface area contributed by atoms with Gasteiger partial charge in [-0.15, -0.1) is 5.73 Å². The number of allylic oxidation sites excluding steroid dienone is 1. The Bertz CT molecular complexity index is 1140. The third kappa shape index (κ3) is 6.75. The molecule has 0 bridgehead atoms. The molecule has 0 aliphatic heterocycles. The van der Waals surface area contributed by atoms with E-state index in [0.717, 1.165) is 16.7 Å². The van der Waals surface area contributed by atoms with E-state index >= 15 is 0 Å². The van der Waals surface area contributed by atoms with Crippen LogP contribution < -0.4 is 23.7 Å². The Morgan fingerprint density at radius 2 is 1.57 bits per heavy atom. The minimum absolute atomic E-state index is 0.334. The van der Waals surface area contributed by atoms with Gasteiger partial charge in [-0.1, -0.05) is 33.1 Å². The molecule has 0 atom stereocenters. The Morgan fingerprint density at radius 3 is 2.11 bits per heavy atom. The third-order valence-corrected chi connectivity index (χ3v) is 4.99. The highest BCUT2D eigenvalue weighted by Crippen LogP contribution is 2.38. The fraction of sp³-hybridized carbons (Fsp3) is 0.276. The van der Waals surface area contributed by atoms with E-state index in [1.807, 2.05) is 39.0 Å². The normalized spacial score (nSPS) is 9.77. The molecule has 1 heterocycles. The maximum Gasteiger partial charge on any atom is 0.290 e. The van der Waals surface area contributed by atoms with Crippen molar-refractivity contribution in [1.29, 1.82) is 0 Å². The molecule has 0 radical (unpaired) electrons. The fourth-order valence-electron chi connectivity index (χ4n) is 3.35. The van der Waals surface area contributed by atoms with Crippen molar-refractivity contribution in [1.82, 2.24) is 0 Å². The van der Waals surface area contributed by atoms with E-state index in [2.05, 4.69) is 18.9 Å². The van der Waals surface area contributed by atoms with Gasteiger partial charge in [0.25, 0.3) is 5.95 Å². The summed E-state index contributed by atoms with van der Waals surface area (Å²) in [5, 5.41) is 0. The summed E-state index contributed by atoms with van der Waals surface area (Å²) in [6.07, 6.45) is 2.16. The zero-order chi connectivity index (χ0) is 25.8. The molecule has 0 aliphatic rings. The predicted molar refractivity (Wildman–Crippen MR) is 140 cm³/mol. The summed E-state index contributed by atoms with van der Waals surface area (Å²) in [6.45, 7) is 14.1. The molecule has 1 aromatic heterocycles. The van der Waals surface area contributed by atoms with Gasteiger partial charge in [0.05, 0.1) is 27.9 Å². The van der Waals surface area contributed by atoms with Gasteiger partial charge in [0.2, 0.25) is 0 Å². The Kier molecular flexibility index (Phi) is 10.6. The summed E-state index contributed by atoms with van der Waals surface area (Å²) in [5.41, 5.74) is 5.40. The van der Waals surface area contributed by atoms with Crippen molar-refractivity contribution in [3.63, 3.8) is 0 Å².